The highest BCUT2D eigenvalue weighted by atomic mass is 32.2. The second kappa shape index (κ2) is 8.44. The maximum absolute atomic E-state index is 12.3. The van der Waals surface area contributed by atoms with Crippen molar-refractivity contribution in [2.45, 2.75) is 5.22 Å². The SMILES string of the molecule is COc1ccc2nc(NC(=O)CSc3nnc(-c4cc5ccccc5oc4=O)o3)sc2c1. The Morgan fingerprint density at radius 1 is 1.16 bits per heavy atom. The quantitative estimate of drug-likeness (QED) is 0.290. The number of thiazole rings is 1. The standard InChI is InChI=1S/C21H14N4O5S2/c1-28-12-6-7-14-16(9-12)32-20(22-14)23-17(26)10-31-21-25-24-18(30-21)13-8-11-4-2-3-5-15(11)29-19(13)27/h2-9H,10H2,1H3,(H,22,23,26). The number of hydrogen-bond acceptors (Lipinski definition) is 10. The van der Waals surface area contributed by atoms with Gasteiger partial charge in [0, 0.05) is 5.39 Å². The smallest absolute Gasteiger partial charge is 0.349 e. The van der Waals surface area contributed by atoms with E-state index in [0.29, 0.717) is 10.7 Å². The fourth-order valence-electron chi connectivity index (χ4n) is 2.96. The molecule has 11 heteroatoms. The second-order valence-electron chi connectivity index (χ2n) is 6.55. The molecule has 5 rings (SSSR count). The van der Waals surface area contributed by atoms with Crippen LogP contribution >= 0.6 is 23.1 Å². The fourth-order valence-corrected chi connectivity index (χ4v) is 4.43. The predicted octanol–water partition coefficient (Wildman–Crippen LogP) is 4.19. The molecule has 32 heavy (non-hydrogen) atoms. The molecular formula is C21H14N4O5S2. The molecule has 0 atom stereocenters. The first-order chi connectivity index (χ1) is 15.6. The number of hydrogen-bond donors (Lipinski definition) is 1. The number of benzene rings is 2. The summed E-state index contributed by atoms with van der Waals surface area (Å²) < 4.78 is 16.9. The van der Waals surface area contributed by atoms with Crippen molar-refractivity contribution in [3.63, 3.8) is 0 Å². The van der Waals surface area contributed by atoms with E-state index in [-0.39, 0.29) is 28.3 Å². The lowest BCUT2D eigenvalue weighted by atomic mass is 10.2. The molecule has 0 saturated carbocycles. The van der Waals surface area contributed by atoms with Crippen molar-refractivity contribution in [1.82, 2.24) is 15.2 Å². The van der Waals surface area contributed by atoms with Crippen molar-refractivity contribution in [2.24, 2.45) is 0 Å². The average molecular weight is 467 g/mol. The van der Waals surface area contributed by atoms with E-state index in [1.54, 1.807) is 25.3 Å². The van der Waals surface area contributed by atoms with Gasteiger partial charge >= 0.3 is 5.63 Å². The van der Waals surface area contributed by atoms with E-state index < -0.39 is 5.63 Å². The van der Waals surface area contributed by atoms with Crippen LogP contribution in [0.3, 0.4) is 0 Å². The highest BCUT2D eigenvalue weighted by Crippen LogP contribution is 2.29. The summed E-state index contributed by atoms with van der Waals surface area (Å²) in [5.41, 5.74) is 0.835. The summed E-state index contributed by atoms with van der Waals surface area (Å²) in [6.07, 6.45) is 0. The summed E-state index contributed by atoms with van der Waals surface area (Å²) in [6.45, 7) is 0. The van der Waals surface area contributed by atoms with Crippen LogP contribution < -0.4 is 15.7 Å². The first-order valence-electron chi connectivity index (χ1n) is 9.33. The Morgan fingerprint density at radius 3 is 2.91 bits per heavy atom. The van der Waals surface area contributed by atoms with E-state index in [4.69, 9.17) is 13.6 Å². The van der Waals surface area contributed by atoms with Crippen LogP contribution in [0.25, 0.3) is 32.6 Å². The first kappa shape index (κ1) is 20.2. The summed E-state index contributed by atoms with van der Waals surface area (Å²) in [5, 5.41) is 12.0. The van der Waals surface area contributed by atoms with Crippen LogP contribution in [0.15, 0.2) is 67.4 Å². The highest BCUT2D eigenvalue weighted by Gasteiger charge is 2.16. The van der Waals surface area contributed by atoms with Crippen molar-refractivity contribution in [3.8, 4) is 17.2 Å². The predicted molar refractivity (Wildman–Crippen MR) is 121 cm³/mol. The van der Waals surface area contributed by atoms with Crippen LogP contribution in [0.2, 0.25) is 0 Å². The molecule has 0 saturated heterocycles. The number of rotatable bonds is 6. The summed E-state index contributed by atoms with van der Waals surface area (Å²) in [5.74, 6) is 0.522. The van der Waals surface area contributed by atoms with Gasteiger partial charge in [0.05, 0.1) is 23.1 Å². The van der Waals surface area contributed by atoms with Crippen molar-refractivity contribution in [2.75, 3.05) is 18.2 Å². The lowest BCUT2D eigenvalue weighted by Gasteiger charge is -1.99. The molecule has 0 aliphatic heterocycles. The third-order valence-electron chi connectivity index (χ3n) is 4.45. The van der Waals surface area contributed by atoms with E-state index in [1.807, 2.05) is 30.3 Å². The average Bonchev–Trinajstić information content (AvgIpc) is 3.43. The van der Waals surface area contributed by atoms with E-state index in [1.165, 1.54) is 11.3 Å². The zero-order valence-electron chi connectivity index (χ0n) is 16.5. The van der Waals surface area contributed by atoms with E-state index >= 15 is 0 Å². The molecule has 3 aromatic heterocycles. The summed E-state index contributed by atoms with van der Waals surface area (Å²) in [4.78, 5) is 29.0. The number of methoxy groups -OCH3 is 1. The molecule has 1 N–H and O–H groups in total. The number of carbonyl (C=O) groups excluding carboxylic acids is 1. The Labute approximate surface area is 188 Å². The molecule has 1 amide bonds. The lowest BCUT2D eigenvalue weighted by Crippen LogP contribution is -2.13. The monoisotopic (exact) mass is 466 g/mol. The minimum atomic E-state index is -0.575. The van der Waals surface area contributed by atoms with E-state index in [9.17, 15) is 9.59 Å². The molecule has 9 nitrogen and oxygen atoms in total. The van der Waals surface area contributed by atoms with Gasteiger partial charge in [0.1, 0.15) is 16.9 Å². The number of ether oxygens (including phenoxy) is 1. The molecule has 5 aromatic rings. The molecule has 0 aliphatic carbocycles. The normalized spacial score (nSPS) is 11.2. The van der Waals surface area contributed by atoms with Crippen molar-refractivity contribution < 1.29 is 18.4 Å². The van der Waals surface area contributed by atoms with E-state index in [2.05, 4.69) is 20.5 Å². The Balaban J connectivity index is 1.26. The number of carbonyl (C=O) groups is 1. The first-order valence-corrected chi connectivity index (χ1v) is 11.1. The lowest BCUT2D eigenvalue weighted by molar-refractivity contribution is -0.113. The summed E-state index contributed by atoms with van der Waals surface area (Å²) in [7, 11) is 1.59. The van der Waals surface area contributed by atoms with Crippen molar-refractivity contribution in [1.29, 1.82) is 0 Å². The fraction of sp³-hybridized carbons (Fsp3) is 0.0952. The molecule has 0 unspecified atom stereocenters. The zero-order valence-corrected chi connectivity index (χ0v) is 18.2. The van der Waals surface area contributed by atoms with Gasteiger partial charge in [-0.3, -0.25) is 4.79 Å². The van der Waals surface area contributed by atoms with Crippen LogP contribution in [-0.4, -0.2) is 34.0 Å². The minimum Gasteiger partial charge on any atom is -0.497 e. The third kappa shape index (κ3) is 4.07. The number of aromatic nitrogens is 3. The number of nitrogens with one attached hydrogen (secondary N) is 1. The molecular weight excluding hydrogens is 452 g/mol. The van der Waals surface area contributed by atoms with Gasteiger partial charge in [0.2, 0.25) is 5.91 Å². The van der Waals surface area contributed by atoms with Gasteiger partial charge in [-0.05, 0) is 30.3 Å². The number of amides is 1. The van der Waals surface area contributed by atoms with Gasteiger partial charge in [0.25, 0.3) is 11.1 Å². The molecule has 0 fully saturated rings. The maximum atomic E-state index is 12.3. The van der Waals surface area contributed by atoms with Crippen LogP contribution in [0, 0.1) is 0 Å². The van der Waals surface area contributed by atoms with Crippen molar-refractivity contribution in [3.05, 3.63) is 59.0 Å². The number of fused-ring (bicyclic) bond motifs is 2. The zero-order chi connectivity index (χ0) is 22.1. The van der Waals surface area contributed by atoms with Gasteiger partial charge in [-0.1, -0.05) is 41.3 Å². The van der Waals surface area contributed by atoms with Crippen LogP contribution in [0.5, 0.6) is 5.75 Å². The largest absolute Gasteiger partial charge is 0.497 e. The second-order valence-corrected chi connectivity index (χ2v) is 8.51. The Hall–Kier alpha value is -3.70. The molecule has 160 valence electrons. The number of anilines is 1. The van der Waals surface area contributed by atoms with E-state index in [0.717, 1.165) is 33.1 Å². The van der Waals surface area contributed by atoms with Gasteiger partial charge < -0.3 is 18.9 Å². The van der Waals surface area contributed by atoms with Gasteiger partial charge in [-0.2, -0.15) is 0 Å². The van der Waals surface area contributed by atoms with Crippen LogP contribution in [0.1, 0.15) is 0 Å². The highest BCUT2D eigenvalue weighted by molar-refractivity contribution is 7.99. The number of para-hydroxylation sites is 1. The van der Waals surface area contributed by atoms with Gasteiger partial charge in [-0.25, -0.2) is 9.78 Å². The van der Waals surface area contributed by atoms with Gasteiger partial charge in [0.15, 0.2) is 5.13 Å². The number of thioether (sulfide) groups is 1. The molecule has 0 bridgehead atoms. The molecule has 3 heterocycles. The van der Waals surface area contributed by atoms with Crippen LogP contribution in [0.4, 0.5) is 5.13 Å². The van der Waals surface area contributed by atoms with Gasteiger partial charge in [-0.15, -0.1) is 10.2 Å². The van der Waals surface area contributed by atoms with Crippen LogP contribution in [-0.2, 0) is 4.79 Å². The topological polar surface area (TPSA) is 120 Å². The minimum absolute atomic E-state index is 0.0348. The molecule has 0 spiro atoms. The summed E-state index contributed by atoms with van der Waals surface area (Å²) in [6, 6.07) is 14.3. The Kier molecular flexibility index (Phi) is 5.33. The summed E-state index contributed by atoms with van der Waals surface area (Å²) >= 11 is 2.41. The molecule has 0 radical (unpaired) electrons. The Morgan fingerprint density at radius 2 is 2.03 bits per heavy atom. The van der Waals surface area contributed by atoms with Crippen molar-refractivity contribution >= 4 is 55.3 Å². The molecule has 0 aliphatic rings. The molecule has 2 aromatic carbocycles. The number of nitrogens with zero attached hydrogens (tertiary/aromatic N) is 3. The Bertz CT molecular complexity index is 1510. The third-order valence-corrected chi connectivity index (χ3v) is 6.20. The maximum Gasteiger partial charge on any atom is 0.349 e.